The maximum Gasteiger partial charge on any atom is 0.326 e. The number of allylic oxidation sites excluding steroid dienone is 1. The van der Waals surface area contributed by atoms with Gasteiger partial charge in [0.25, 0.3) is 5.89 Å². The molecule has 0 saturated heterocycles. The molecule has 4 aromatic rings. The van der Waals surface area contributed by atoms with Crippen LogP contribution in [-0.4, -0.2) is 23.3 Å². The number of rotatable bonds is 6. The van der Waals surface area contributed by atoms with Crippen LogP contribution in [0.25, 0.3) is 17.0 Å². The van der Waals surface area contributed by atoms with Crippen molar-refractivity contribution < 1.29 is 14.1 Å². The highest BCUT2D eigenvalue weighted by molar-refractivity contribution is 6.01. The zero-order chi connectivity index (χ0) is 25.2. The van der Waals surface area contributed by atoms with Crippen molar-refractivity contribution in [1.82, 2.24) is 15.5 Å². The van der Waals surface area contributed by atoms with E-state index in [1.807, 2.05) is 74.5 Å². The zero-order valence-electron chi connectivity index (χ0n) is 20.8. The van der Waals surface area contributed by atoms with Crippen LogP contribution in [0.15, 0.2) is 83.0 Å². The van der Waals surface area contributed by atoms with Gasteiger partial charge in [0.15, 0.2) is 0 Å². The topological polar surface area (TPSA) is 80.5 Å². The minimum Gasteiger partial charge on any atom is -0.497 e. The number of urea groups is 1. The standard InChI is InChI=1S/C29H28N4O3/c1-5-20-8-12-21(13-9-20)26-25(28-31-27(32-36-28)22-10-6-18(2)7-11-22)19(3)33(29(34)30-26)23-14-16-24(35-4)17-15-23/h6-17,26H,5H2,1-4H3,(H,30,34). The summed E-state index contributed by atoms with van der Waals surface area (Å²) in [7, 11) is 1.61. The van der Waals surface area contributed by atoms with Crippen LogP contribution in [0.5, 0.6) is 5.75 Å². The van der Waals surface area contributed by atoms with E-state index in [4.69, 9.17) is 14.2 Å². The van der Waals surface area contributed by atoms with Gasteiger partial charge in [-0.05, 0) is 55.7 Å². The molecule has 0 fully saturated rings. The van der Waals surface area contributed by atoms with E-state index in [1.165, 1.54) is 5.56 Å². The second-order valence-corrected chi connectivity index (χ2v) is 8.80. The molecule has 1 N–H and O–H groups in total. The van der Waals surface area contributed by atoms with Crippen LogP contribution in [-0.2, 0) is 6.42 Å². The smallest absolute Gasteiger partial charge is 0.326 e. The predicted molar refractivity (Wildman–Crippen MR) is 140 cm³/mol. The summed E-state index contributed by atoms with van der Waals surface area (Å²) in [6.45, 7) is 6.05. The number of benzene rings is 3. The predicted octanol–water partition coefficient (Wildman–Crippen LogP) is 6.32. The molecule has 3 aromatic carbocycles. The van der Waals surface area contributed by atoms with Crippen molar-refractivity contribution in [1.29, 1.82) is 0 Å². The lowest BCUT2D eigenvalue weighted by atomic mass is 9.93. The minimum atomic E-state index is -0.441. The Morgan fingerprint density at radius 3 is 2.31 bits per heavy atom. The number of carbonyl (C=O) groups excluding carboxylic acids is 1. The lowest BCUT2D eigenvalue weighted by molar-refractivity contribution is 0.244. The molecule has 0 radical (unpaired) electrons. The van der Waals surface area contributed by atoms with Gasteiger partial charge in [0.2, 0.25) is 5.82 Å². The highest BCUT2D eigenvalue weighted by Gasteiger charge is 2.36. The molecule has 1 aromatic heterocycles. The Balaban J connectivity index is 1.62. The number of aromatic nitrogens is 2. The summed E-state index contributed by atoms with van der Waals surface area (Å²) in [5.74, 6) is 1.58. The zero-order valence-corrected chi connectivity index (χ0v) is 20.8. The maximum absolute atomic E-state index is 13.4. The van der Waals surface area contributed by atoms with Crippen LogP contribution in [0.4, 0.5) is 10.5 Å². The molecular formula is C29H28N4O3. The Morgan fingerprint density at radius 2 is 1.67 bits per heavy atom. The van der Waals surface area contributed by atoms with Crippen LogP contribution in [0.3, 0.4) is 0 Å². The molecule has 0 spiro atoms. The van der Waals surface area contributed by atoms with E-state index in [2.05, 4.69) is 29.5 Å². The number of methoxy groups -OCH3 is 1. The molecule has 2 amide bonds. The first-order valence-corrected chi connectivity index (χ1v) is 11.9. The molecule has 1 atom stereocenters. The van der Waals surface area contributed by atoms with Gasteiger partial charge >= 0.3 is 6.03 Å². The van der Waals surface area contributed by atoms with Crippen LogP contribution in [0.1, 0.15) is 42.5 Å². The molecule has 0 saturated carbocycles. The number of nitrogens with zero attached hydrogens (tertiary/aromatic N) is 3. The Kier molecular flexibility index (Phi) is 6.29. The van der Waals surface area contributed by atoms with Crippen LogP contribution >= 0.6 is 0 Å². The molecule has 5 rings (SSSR count). The lowest BCUT2D eigenvalue weighted by Gasteiger charge is -2.35. The van der Waals surface area contributed by atoms with Crippen LogP contribution < -0.4 is 15.0 Å². The van der Waals surface area contributed by atoms with Gasteiger partial charge in [-0.15, -0.1) is 0 Å². The van der Waals surface area contributed by atoms with E-state index in [0.717, 1.165) is 28.7 Å². The van der Waals surface area contributed by atoms with Crippen molar-refractivity contribution in [2.24, 2.45) is 0 Å². The Bertz CT molecular complexity index is 1400. The summed E-state index contributed by atoms with van der Waals surface area (Å²) >= 11 is 0. The second kappa shape index (κ2) is 9.70. The highest BCUT2D eigenvalue weighted by Crippen LogP contribution is 2.39. The van der Waals surface area contributed by atoms with Gasteiger partial charge in [0, 0.05) is 11.3 Å². The van der Waals surface area contributed by atoms with Crippen molar-refractivity contribution in [2.75, 3.05) is 12.0 Å². The third-order valence-corrected chi connectivity index (χ3v) is 6.50. The number of anilines is 1. The van der Waals surface area contributed by atoms with Crippen LogP contribution in [0, 0.1) is 6.92 Å². The quantitative estimate of drug-likeness (QED) is 0.349. The second-order valence-electron chi connectivity index (χ2n) is 8.80. The van der Waals surface area contributed by atoms with Crippen molar-refractivity contribution in [2.45, 2.75) is 33.2 Å². The summed E-state index contributed by atoms with van der Waals surface area (Å²) in [4.78, 5) is 19.8. The molecule has 7 heteroatoms. The molecule has 7 nitrogen and oxygen atoms in total. The van der Waals surface area contributed by atoms with Gasteiger partial charge in [0.1, 0.15) is 5.75 Å². The summed E-state index contributed by atoms with van der Waals surface area (Å²) in [5, 5.41) is 7.41. The molecule has 36 heavy (non-hydrogen) atoms. The summed E-state index contributed by atoms with van der Waals surface area (Å²) < 4.78 is 11.1. The molecular weight excluding hydrogens is 452 g/mol. The minimum absolute atomic E-state index is 0.232. The summed E-state index contributed by atoms with van der Waals surface area (Å²) in [6.07, 6.45) is 0.938. The Hall–Kier alpha value is -4.39. The van der Waals surface area contributed by atoms with E-state index >= 15 is 0 Å². The van der Waals surface area contributed by atoms with E-state index < -0.39 is 6.04 Å². The average molecular weight is 481 g/mol. The van der Waals surface area contributed by atoms with E-state index in [1.54, 1.807) is 12.0 Å². The fraction of sp³-hybridized carbons (Fsp3) is 0.207. The molecule has 2 heterocycles. The summed E-state index contributed by atoms with van der Waals surface area (Å²) in [5.41, 5.74) is 6.36. The SMILES string of the molecule is CCc1ccc(C2NC(=O)N(c3ccc(OC)cc3)C(C)=C2c2nc(-c3ccc(C)cc3)no2)cc1. The normalized spacial score (nSPS) is 15.7. The molecule has 0 aliphatic carbocycles. The van der Waals surface area contributed by atoms with Crippen molar-refractivity contribution in [3.63, 3.8) is 0 Å². The summed E-state index contributed by atoms with van der Waals surface area (Å²) in [6, 6.07) is 22.9. The Morgan fingerprint density at radius 1 is 0.972 bits per heavy atom. The number of amides is 2. The third-order valence-electron chi connectivity index (χ3n) is 6.50. The van der Waals surface area contributed by atoms with E-state index in [-0.39, 0.29) is 6.03 Å². The molecule has 182 valence electrons. The number of carbonyl (C=O) groups is 1. The van der Waals surface area contributed by atoms with Crippen molar-refractivity contribution in [3.05, 3.63) is 101 Å². The van der Waals surface area contributed by atoms with Crippen molar-refractivity contribution >= 4 is 17.3 Å². The van der Waals surface area contributed by atoms with E-state index in [9.17, 15) is 4.79 Å². The molecule has 1 aliphatic rings. The first-order valence-electron chi connectivity index (χ1n) is 11.9. The lowest BCUT2D eigenvalue weighted by Crippen LogP contribution is -2.46. The first kappa shape index (κ1) is 23.4. The number of nitrogens with one attached hydrogen (secondary N) is 1. The third kappa shape index (κ3) is 4.35. The van der Waals surface area contributed by atoms with E-state index in [0.29, 0.717) is 28.8 Å². The molecule has 1 unspecified atom stereocenters. The largest absolute Gasteiger partial charge is 0.497 e. The maximum atomic E-state index is 13.4. The fourth-order valence-electron chi connectivity index (χ4n) is 4.41. The van der Waals surface area contributed by atoms with Gasteiger partial charge in [-0.25, -0.2) is 4.79 Å². The van der Waals surface area contributed by atoms with Gasteiger partial charge in [0.05, 0.1) is 24.4 Å². The number of hydrogen-bond donors (Lipinski definition) is 1. The molecule has 1 aliphatic heterocycles. The molecule has 0 bridgehead atoms. The highest BCUT2D eigenvalue weighted by atomic mass is 16.5. The van der Waals surface area contributed by atoms with Crippen LogP contribution in [0.2, 0.25) is 0 Å². The number of ether oxygens (including phenoxy) is 1. The first-order chi connectivity index (χ1) is 17.5. The number of hydrogen-bond acceptors (Lipinski definition) is 5. The van der Waals surface area contributed by atoms with Crippen molar-refractivity contribution in [3.8, 4) is 17.1 Å². The Labute approximate surface area is 210 Å². The van der Waals surface area contributed by atoms with Gasteiger partial charge in [-0.2, -0.15) is 4.98 Å². The monoisotopic (exact) mass is 480 g/mol. The van der Waals surface area contributed by atoms with Gasteiger partial charge in [-0.3, -0.25) is 4.90 Å². The number of aryl methyl sites for hydroxylation is 2. The average Bonchev–Trinajstić information content (AvgIpc) is 3.39. The fourth-order valence-corrected chi connectivity index (χ4v) is 4.41. The van der Waals surface area contributed by atoms with Gasteiger partial charge in [-0.1, -0.05) is 66.2 Å². The van der Waals surface area contributed by atoms with Gasteiger partial charge < -0.3 is 14.6 Å².